The van der Waals surface area contributed by atoms with Gasteiger partial charge in [0, 0.05) is 11.3 Å². The number of hydrogen-bond donors (Lipinski definition) is 0. The maximum absolute atomic E-state index is 13.6. The van der Waals surface area contributed by atoms with Crippen molar-refractivity contribution < 1.29 is 14.4 Å². The first-order chi connectivity index (χ1) is 16.7. The Morgan fingerprint density at radius 2 is 1.54 bits per heavy atom. The Kier molecular flexibility index (Phi) is 5.60. The molecular formula is C28H25N3O3S. The van der Waals surface area contributed by atoms with Crippen LogP contribution in [0.4, 0.5) is 11.4 Å². The molecule has 0 unspecified atom stereocenters. The summed E-state index contributed by atoms with van der Waals surface area (Å²) < 4.78 is 0. The molecule has 6 nitrogen and oxygen atoms in total. The fourth-order valence-electron chi connectivity index (χ4n) is 4.41. The SMILES string of the molecule is Cc1ccc(N=C2SCC(C)(C)N2C(=O)c2ccc(N3C(=O)c4ccccc4C3=O)cc2)c(C)c1. The van der Waals surface area contributed by atoms with Gasteiger partial charge in [0.05, 0.1) is 28.0 Å². The van der Waals surface area contributed by atoms with Crippen LogP contribution in [0.25, 0.3) is 0 Å². The lowest BCUT2D eigenvalue weighted by atomic mass is 10.0. The molecule has 0 N–H and O–H groups in total. The summed E-state index contributed by atoms with van der Waals surface area (Å²) in [6.07, 6.45) is 0. The fourth-order valence-corrected chi connectivity index (χ4v) is 5.65. The molecule has 0 spiro atoms. The monoisotopic (exact) mass is 483 g/mol. The molecule has 3 aromatic carbocycles. The van der Waals surface area contributed by atoms with Crippen LogP contribution < -0.4 is 4.90 Å². The van der Waals surface area contributed by atoms with Crippen molar-refractivity contribution >= 4 is 46.0 Å². The number of benzene rings is 3. The molecule has 35 heavy (non-hydrogen) atoms. The Morgan fingerprint density at radius 1 is 0.914 bits per heavy atom. The van der Waals surface area contributed by atoms with Gasteiger partial charge in [0.1, 0.15) is 0 Å². The highest BCUT2D eigenvalue weighted by atomic mass is 32.2. The Balaban J connectivity index is 1.44. The highest BCUT2D eigenvalue weighted by molar-refractivity contribution is 8.14. The molecule has 0 aliphatic carbocycles. The zero-order valence-electron chi connectivity index (χ0n) is 20.0. The summed E-state index contributed by atoms with van der Waals surface area (Å²) in [4.78, 5) is 47.0. The lowest BCUT2D eigenvalue weighted by Crippen LogP contribution is -2.46. The van der Waals surface area contributed by atoms with Crippen LogP contribution in [0.3, 0.4) is 0 Å². The Hall–Kier alpha value is -3.71. The summed E-state index contributed by atoms with van der Waals surface area (Å²) in [5.74, 6) is -0.151. The normalized spacial score (nSPS) is 17.9. The van der Waals surface area contributed by atoms with Gasteiger partial charge in [-0.3, -0.25) is 19.3 Å². The summed E-state index contributed by atoms with van der Waals surface area (Å²) in [5, 5.41) is 0.663. The molecule has 3 aromatic rings. The second-order valence-electron chi connectivity index (χ2n) is 9.46. The minimum atomic E-state index is -0.416. The number of thioether (sulfide) groups is 1. The zero-order valence-corrected chi connectivity index (χ0v) is 20.8. The molecule has 0 aromatic heterocycles. The van der Waals surface area contributed by atoms with Gasteiger partial charge in [-0.1, -0.05) is 41.6 Å². The van der Waals surface area contributed by atoms with E-state index in [2.05, 4.69) is 6.07 Å². The van der Waals surface area contributed by atoms with Gasteiger partial charge in [-0.05, 0) is 75.7 Å². The van der Waals surface area contributed by atoms with E-state index in [1.807, 2.05) is 39.8 Å². The van der Waals surface area contributed by atoms with E-state index >= 15 is 0 Å². The quantitative estimate of drug-likeness (QED) is 0.444. The number of anilines is 1. The first kappa shape index (κ1) is 23.1. The first-order valence-electron chi connectivity index (χ1n) is 11.4. The fraction of sp³-hybridized carbons (Fsp3) is 0.214. The Morgan fingerprint density at radius 3 is 2.14 bits per heavy atom. The van der Waals surface area contributed by atoms with Crippen LogP contribution in [0, 0.1) is 13.8 Å². The van der Waals surface area contributed by atoms with Crippen molar-refractivity contribution in [2.75, 3.05) is 10.7 Å². The van der Waals surface area contributed by atoms with Crippen molar-refractivity contribution in [1.29, 1.82) is 0 Å². The van der Waals surface area contributed by atoms with E-state index < -0.39 is 5.54 Å². The minimum Gasteiger partial charge on any atom is -0.281 e. The summed E-state index contributed by atoms with van der Waals surface area (Å²) in [5.41, 5.74) is 4.33. The van der Waals surface area contributed by atoms with E-state index in [-0.39, 0.29) is 17.7 Å². The van der Waals surface area contributed by atoms with Gasteiger partial charge in [0.2, 0.25) is 0 Å². The smallest absolute Gasteiger partial charge is 0.266 e. The van der Waals surface area contributed by atoms with Crippen molar-refractivity contribution in [3.63, 3.8) is 0 Å². The number of nitrogens with zero attached hydrogens (tertiary/aromatic N) is 3. The molecule has 2 aliphatic rings. The predicted octanol–water partition coefficient (Wildman–Crippen LogP) is 5.76. The van der Waals surface area contributed by atoms with Gasteiger partial charge in [-0.15, -0.1) is 0 Å². The van der Waals surface area contributed by atoms with Crippen molar-refractivity contribution in [2.24, 2.45) is 4.99 Å². The third kappa shape index (κ3) is 3.96. The average Bonchev–Trinajstić information content (AvgIpc) is 3.27. The van der Waals surface area contributed by atoms with Gasteiger partial charge in [-0.2, -0.15) is 0 Å². The lowest BCUT2D eigenvalue weighted by Gasteiger charge is -2.30. The standard InChI is InChI=1S/C28H25N3O3S/c1-17-9-14-23(18(2)15-17)29-27-31(28(3,4)16-35-27)24(32)19-10-12-20(13-11-19)30-25(33)21-7-5-6-8-22(21)26(30)34/h5-15H,16H2,1-4H3. The van der Waals surface area contributed by atoms with E-state index in [4.69, 9.17) is 4.99 Å². The number of carbonyl (C=O) groups excluding carboxylic acids is 3. The lowest BCUT2D eigenvalue weighted by molar-refractivity contribution is 0.0766. The van der Waals surface area contributed by atoms with Crippen LogP contribution in [0.5, 0.6) is 0 Å². The topological polar surface area (TPSA) is 70.1 Å². The number of aryl methyl sites for hydroxylation is 2. The highest BCUT2D eigenvalue weighted by Crippen LogP contribution is 2.37. The van der Waals surface area contributed by atoms with Crippen molar-refractivity contribution in [3.05, 3.63) is 94.5 Å². The molecule has 3 amide bonds. The molecule has 0 radical (unpaired) electrons. The number of aliphatic imine (C=N–C) groups is 1. The molecule has 2 heterocycles. The molecule has 176 valence electrons. The second-order valence-corrected chi connectivity index (χ2v) is 10.4. The van der Waals surface area contributed by atoms with E-state index in [9.17, 15) is 14.4 Å². The van der Waals surface area contributed by atoms with Crippen LogP contribution in [0.2, 0.25) is 0 Å². The van der Waals surface area contributed by atoms with Crippen LogP contribution in [-0.4, -0.2) is 39.1 Å². The molecule has 2 aliphatic heterocycles. The van der Waals surface area contributed by atoms with Crippen molar-refractivity contribution in [3.8, 4) is 0 Å². The molecule has 1 fully saturated rings. The Bertz CT molecular complexity index is 1370. The molecule has 0 bridgehead atoms. The highest BCUT2D eigenvalue weighted by Gasteiger charge is 2.42. The summed E-state index contributed by atoms with van der Waals surface area (Å²) in [6, 6.07) is 19.5. The van der Waals surface area contributed by atoms with Gasteiger partial charge in [-0.25, -0.2) is 9.89 Å². The average molecular weight is 484 g/mol. The first-order valence-corrected chi connectivity index (χ1v) is 12.4. The number of hydrogen-bond acceptors (Lipinski definition) is 5. The van der Waals surface area contributed by atoms with Crippen LogP contribution in [0.1, 0.15) is 56.0 Å². The molecular weight excluding hydrogens is 458 g/mol. The largest absolute Gasteiger partial charge is 0.281 e. The van der Waals surface area contributed by atoms with Crippen LogP contribution in [-0.2, 0) is 0 Å². The molecule has 0 atom stereocenters. The van der Waals surface area contributed by atoms with E-state index in [1.165, 1.54) is 0 Å². The number of amides is 3. The van der Waals surface area contributed by atoms with E-state index in [0.29, 0.717) is 27.5 Å². The number of carbonyl (C=O) groups is 3. The summed E-state index contributed by atoms with van der Waals surface area (Å²) >= 11 is 1.56. The number of amidine groups is 1. The number of fused-ring (bicyclic) bond motifs is 1. The maximum Gasteiger partial charge on any atom is 0.266 e. The van der Waals surface area contributed by atoms with Crippen molar-refractivity contribution in [2.45, 2.75) is 33.2 Å². The molecule has 1 saturated heterocycles. The number of rotatable bonds is 3. The van der Waals surface area contributed by atoms with E-state index in [0.717, 1.165) is 27.5 Å². The summed E-state index contributed by atoms with van der Waals surface area (Å²) in [6.45, 7) is 8.10. The molecule has 5 rings (SSSR count). The van der Waals surface area contributed by atoms with Gasteiger partial charge in [0.15, 0.2) is 5.17 Å². The van der Waals surface area contributed by atoms with Gasteiger partial charge in [0.25, 0.3) is 17.7 Å². The Labute approximate surface area is 208 Å². The van der Waals surface area contributed by atoms with Crippen LogP contribution >= 0.6 is 11.8 Å². The third-order valence-corrected chi connectivity index (χ3v) is 7.67. The van der Waals surface area contributed by atoms with Crippen molar-refractivity contribution in [1.82, 2.24) is 4.90 Å². The van der Waals surface area contributed by atoms with E-state index in [1.54, 1.807) is 65.2 Å². The minimum absolute atomic E-state index is 0.169. The summed E-state index contributed by atoms with van der Waals surface area (Å²) in [7, 11) is 0. The number of imide groups is 1. The van der Waals surface area contributed by atoms with Gasteiger partial charge >= 0.3 is 0 Å². The predicted molar refractivity (Wildman–Crippen MR) is 140 cm³/mol. The maximum atomic E-state index is 13.6. The zero-order chi connectivity index (χ0) is 24.9. The molecule has 7 heteroatoms. The second kappa shape index (κ2) is 8.50. The van der Waals surface area contributed by atoms with Crippen LogP contribution in [0.15, 0.2) is 71.7 Å². The van der Waals surface area contributed by atoms with Gasteiger partial charge < -0.3 is 0 Å². The molecule has 0 saturated carbocycles. The third-order valence-electron chi connectivity index (χ3n) is 6.29.